The number of rotatable bonds is 15. The Hall–Kier alpha value is -14.4. The molecule has 20 heteroatoms. The molecular formula is C123H106Ir4N14O2-6. The third-order valence-electron chi connectivity index (χ3n) is 25.0. The number of nitrogens with zero attached hydrogens (tertiary/aromatic N) is 14. The van der Waals surface area contributed by atoms with Gasteiger partial charge in [0, 0.05) is 185 Å². The minimum atomic E-state index is -0.00351. The molecule has 0 bridgehead atoms. The van der Waals surface area contributed by atoms with Crippen LogP contribution in [0.4, 0.5) is 22.7 Å². The Balaban J connectivity index is 0.000000134. The topological polar surface area (TPSA) is 140 Å². The third-order valence-corrected chi connectivity index (χ3v) is 25.0. The van der Waals surface area contributed by atoms with E-state index in [1.807, 2.05) is 200 Å². The van der Waals surface area contributed by atoms with Gasteiger partial charge in [0.2, 0.25) is 0 Å². The van der Waals surface area contributed by atoms with E-state index in [9.17, 15) is 0 Å². The average molecular weight is 2580 g/mol. The summed E-state index contributed by atoms with van der Waals surface area (Å²) in [4.78, 5) is 24.0. The van der Waals surface area contributed by atoms with Gasteiger partial charge >= 0.3 is 0 Å². The fourth-order valence-corrected chi connectivity index (χ4v) is 18.2. The molecule has 0 N–H and O–H groups in total. The van der Waals surface area contributed by atoms with E-state index in [4.69, 9.17) is 39.0 Å². The van der Waals surface area contributed by atoms with Crippen LogP contribution in [0.2, 0.25) is 0 Å². The number of fused-ring (bicyclic) bond motifs is 4. The molecule has 16 nitrogen and oxygen atoms in total. The monoisotopic (exact) mass is 2580 g/mol. The number of hydrogen-bond donors (Lipinski definition) is 0. The van der Waals surface area contributed by atoms with Gasteiger partial charge in [-0.05, 0) is 211 Å². The van der Waals surface area contributed by atoms with E-state index in [0.29, 0.717) is 0 Å². The summed E-state index contributed by atoms with van der Waals surface area (Å²) in [6, 6.07) is 126. The van der Waals surface area contributed by atoms with Crippen molar-refractivity contribution >= 4 is 44.7 Å². The predicted octanol–water partition coefficient (Wildman–Crippen LogP) is 30.1. The molecular weight excluding hydrogens is 2470 g/mol. The van der Waals surface area contributed by atoms with Gasteiger partial charge < -0.3 is 32.3 Å². The maximum atomic E-state index is 6.15. The van der Waals surface area contributed by atoms with Crippen LogP contribution in [0, 0.1) is 120 Å². The second-order valence-corrected chi connectivity index (χ2v) is 36.3. The molecule has 0 spiro atoms. The number of imidazole rings is 4. The van der Waals surface area contributed by atoms with Gasteiger partial charge in [0.05, 0.1) is 40.2 Å². The van der Waals surface area contributed by atoms with E-state index in [2.05, 4.69) is 344 Å². The number of para-hydroxylation sites is 7. The van der Waals surface area contributed by atoms with Crippen LogP contribution in [0.3, 0.4) is 0 Å². The average Bonchev–Trinajstić information content (AvgIpc) is 1.65. The molecule has 0 aliphatic carbocycles. The zero-order chi connectivity index (χ0) is 96.1. The van der Waals surface area contributed by atoms with Crippen LogP contribution in [0.1, 0.15) is 93.6 Å². The Labute approximate surface area is 891 Å². The number of anilines is 4. The quantitative estimate of drug-likeness (QED) is 0.0911. The van der Waals surface area contributed by atoms with Crippen molar-refractivity contribution in [1.82, 2.24) is 57.8 Å². The van der Waals surface area contributed by atoms with Crippen molar-refractivity contribution in [3.8, 4) is 114 Å². The summed E-state index contributed by atoms with van der Waals surface area (Å²) >= 11 is 0. The summed E-state index contributed by atoms with van der Waals surface area (Å²) < 4.78 is 24.5. The molecule has 23 rings (SSSR count). The molecule has 0 saturated carbocycles. The molecule has 722 valence electrons. The summed E-state index contributed by atoms with van der Waals surface area (Å²) in [5.74, 6) is 5.85. The number of furan rings is 2. The molecule has 143 heavy (non-hydrogen) atoms. The van der Waals surface area contributed by atoms with E-state index in [1.54, 1.807) is 0 Å². The molecule has 1 aliphatic rings. The van der Waals surface area contributed by atoms with Crippen molar-refractivity contribution in [2.45, 2.75) is 109 Å². The standard InChI is InChI=1S/C29H25N2O.C27H23N4.C24H25N4.C22H15N2O.C21H18N2.4Ir/c1-19-10-8-11-20(2)27(19)31-18-21(3)30-29(31)25-15-9-14-24(17-25)28-26(16-22(4)32-28)23-12-6-5-7-13-23;1-19-16-20(2)25(21(3)17-19)31-18-24(22-10-6-4-7-11-22)29-27(31)26-28-14-15-30(26)23-12-8-5-9-13-23;1-17-10-9-11-18(2)22(17)27-16-21(25-23(27)19-12-7-6-8-13-19)28-15-14-20(26-28)24(3,4)5;1-15-6-4-7-16(14-15)19-12-13-24(23-19)20-10-5-9-18-17-8-2-3-11-21(17)25-22(18)20;1-16-9-8-14-19(17(16)2)23-15-22(18-10-4-3-5-11-18)20-12-6-7-13-21(20)23;;;;/h5-16,18H,1-4H3;4-10,12-18H,1-3H3;6-12,14-16H,1-5H3;2-9,11-14H,1H3;3-10,12-15H,1-2H3;;;;/q4*-1;-2;;;;. The van der Waals surface area contributed by atoms with Crippen molar-refractivity contribution in [3.63, 3.8) is 0 Å². The van der Waals surface area contributed by atoms with E-state index < -0.39 is 0 Å². The summed E-state index contributed by atoms with van der Waals surface area (Å²) in [7, 11) is 0. The summed E-state index contributed by atoms with van der Waals surface area (Å²) in [6.07, 6.45) is 14.0. The first kappa shape index (κ1) is 103. The summed E-state index contributed by atoms with van der Waals surface area (Å²) in [6.45, 7) is 34.1. The fourth-order valence-electron chi connectivity index (χ4n) is 18.2. The van der Waals surface area contributed by atoms with Gasteiger partial charge in [0.25, 0.3) is 0 Å². The zero-order valence-electron chi connectivity index (χ0n) is 82.1. The first-order valence-electron chi connectivity index (χ1n) is 46.8. The van der Waals surface area contributed by atoms with Crippen LogP contribution in [-0.4, -0.2) is 57.8 Å². The summed E-state index contributed by atoms with van der Waals surface area (Å²) in [5, 5.41) is 11.7. The van der Waals surface area contributed by atoms with Gasteiger partial charge in [0.15, 0.2) is 17.5 Å². The van der Waals surface area contributed by atoms with Crippen LogP contribution in [0.5, 0.6) is 0 Å². The van der Waals surface area contributed by atoms with Crippen molar-refractivity contribution in [1.29, 1.82) is 0 Å². The second kappa shape index (κ2) is 45.3. The van der Waals surface area contributed by atoms with Gasteiger partial charge in [-0.25, -0.2) is 9.67 Å². The fraction of sp³-hybridized carbons (Fsp3) is 0.130. The minimum Gasteiger partial charge on any atom is -0.513 e. The third kappa shape index (κ3) is 22.1. The van der Waals surface area contributed by atoms with Gasteiger partial charge in [-0.2, -0.15) is 58.7 Å². The number of aryl methyl sites for hydroxylation is 11. The van der Waals surface area contributed by atoms with Crippen LogP contribution in [-0.2, 0) is 85.8 Å². The molecule has 22 aromatic rings. The molecule has 14 aromatic carbocycles. The van der Waals surface area contributed by atoms with Crippen molar-refractivity contribution in [2.75, 3.05) is 9.80 Å². The van der Waals surface area contributed by atoms with E-state index in [0.717, 1.165) is 153 Å². The Morgan fingerprint density at radius 2 is 0.916 bits per heavy atom. The Kier molecular flexibility index (Phi) is 32.6. The molecule has 0 amide bonds. The van der Waals surface area contributed by atoms with E-state index in [1.165, 1.54) is 78.4 Å². The molecule has 1 aliphatic heterocycles. The molecule has 0 unspecified atom stereocenters. The van der Waals surface area contributed by atoms with Crippen LogP contribution < -0.4 is 9.80 Å². The molecule has 8 aromatic heterocycles. The Bertz CT molecular complexity index is 8080. The Morgan fingerprint density at radius 3 is 1.58 bits per heavy atom. The summed E-state index contributed by atoms with van der Waals surface area (Å²) in [5.41, 5.74) is 34.9. The molecule has 0 saturated heterocycles. The van der Waals surface area contributed by atoms with Crippen molar-refractivity contribution in [2.24, 2.45) is 0 Å². The largest absolute Gasteiger partial charge is 0.513 e. The van der Waals surface area contributed by atoms with Gasteiger partial charge in [-0.15, -0.1) is 108 Å². The van der Waals surface area contributed by atoms with Crippen LogP contribution >= 0.6 is 0 Å². The van der Waals surface area contributed by atoms with Crippen molar-refractivity contribution < 1.29 is 89.3 Å². The van der Waals surface area contributed by atoms with Crippen LogP contribution in [0.25, 0.3) is 136 Å². The van der Waals surface area contributed by atoms with E-state index in [-0.39, 0.29) is 85.8 Å². The van der Waals surface area contributed by atoms with Gasteiger partial charge in [-0.3, -0.25) is 24.2 Å². The Morgan fingerprint density at radius 1 is 0.357 bits per heavy atom. The van der Waals surface area contributed by atoms with Gasteiger partial charge in [-0.1, -0.05) is 206 Å². The zero-order valence-corrected chi connectivity index (χ0v) is 91.7. The minimum absolute atomic E-state index is 0. The maximum absolute atomic E-state index is 6.15. The smallest absolute Gasteiger partial charge is 0.180 e. The SMILES string of the molecule is Cc1cc(C)c(-n2cc(-c3[c-]cccc3)nc2-c2nccn2-c2ccccc2)c(C)c1.Cc1cccc(-c2ccn(-c3[c-]ccc4c3oc3ccccc34)n2)c1.Cc1cccc(C)c1-n1cc(-n2ccc(C(C)(C)C)n2)nc1-c1[c-]cccc1.Cc1cccc(N2[CH-]N(c3[c-]cccc3)c3ccccc32)c1C.Cc1cn(-c2c(C)cccc2C)c(-c2[c-]c(-c3oc(C)cc3-c3ccccc3)ccc2)n1.[Ir].[Ir].[Ir].[Ir]. The first-order chi connectivity index (χ1) is 67.5. The first-order valence-corrected chi connectivity index (χ1v) is 46.8. The predicted molar refractivity (Wildman–Crippen MR) is 564 cm³/mol. The number of aromatic nitrogens is 12. The molecule has 9 heterocycles. The normalized spacial score (nSPS) is 11.3. The maximum Gasteiger partial charge on any atom is 0.180 e. The molecule has 0 fully saturated rings. The van der Waals surface area contributed by atoms with Crippen LogP contribution in [0.15, 0.2) is 374 Å². The van der Waals surface area contributed by atoms with Gasteiger partial charge in [0.1, 0.15) is 5.58 Å². The second-order valence-electron chi connectivity index (χ2n) is 36.3. The number of hydrogen-bond acceptors (Lipinski definition) is 10. The van der Waals surface area contributed by atoms with E-state index >= 15 is 0 Å². The molecule has 0 atom stereocenters. The molecule has 4 radical (unpaired) electrons. The number of benzene rings is 14. The van der Waals surface area contributed by atoms with Crippen molar-refractivity contribution in [3.05, 3.63) is 475 Å².